The normalized spacial score (nSPS) is 40.0. The van der Waals surface area contributed by atoms with Crippen LogP contribution in [0.25, 0.3) is 0 Å². The molecule has 0 radical (unpaired) electrons. The number of rotatable bonds is 5. The molecule has 150 valence electrons. The van der Waals surface area contributed by atoms with E-state index in [9.17, 15) is 14.4 Å². The quantitative estimate of drug-likeness (QED) is 0.534. The van der Waals surface area contributed by atoms with Crippen LogP contribution in [0.15, 0.2) is 0 Å². The van der Waals surface area contributed by atoms with Crippen molar-refractivity contribution in [2.75, 3.05) is 6.61 Å². The molecule has 7 atom stereocenters. The van der Waals surface area contributed by atoms with E-state index >= 15 is 0 Å². The zero-order valence-electron chi connectivity index (χ0n) is 16.1. The molecule has 2 bridgehead atoms. The molecule has 4 rings (SSSR count). The first kappa shape index (κ1) is 18.7. The molecule has 0 aromatic carbocycles. The zero-order valence-corrected chi connectivity index (χ0v) is 16.1. The minimum atomic E-state index is -0.616. The largest absolute Gasteiger partial charge is 0.458 e. The summed E-state index contributed by atoms with van der Waals surface area (Å²) in [5.41, 5.74) is -0.615. The lowest BCUT2D eigenvalue weighted by atomic mass is 9.78. The molecule has 7 nitrogen and oxygen atoms in total. The van der Waals surface area contributed by atoms with Gasteiger partial charge >= 0.3 is 17.9 Å². The summed E-state index contributed by atoms with van der Waals surface area (Å²) < 4.78 is 22.4. The Hall–Kier alpha value is -1.63. The summed E-state index contributed by atoms with van der Waals surface area (Å²) in [6, 6.07) is 0. The van der Waals surface area contributed by atoms with Crippen molar-refractivity contribution in [3.05, 3.63) is 0 Å². The van der Waals surface area contributed by atoms with Crippen LogP contribution in [0, 0.1) is 29.1 Å². The second-order valence-corrected chi connectivity index (χ2v) is 8.86. The number of ether oxygens (including phenoxy) is 4. The van der Waals surface area contributed by atoms with Gasteiger partial charge in [0.15, 0.2) is 0 Å². The summed E-state index contributed by atoms with van der Waals surface area (Å²) in [5, 5.41) is 0. The van der Waals surface area contributed by atoms with Gasteiger partial charge in [-0.2, -0.15) is 0 Å². The highest BCUT2D eigenvalue weighted by Crippen LogP contribution is 2.59. The van der Waals surface area contributed by atoms with Crippen LogP contribution in [0.4, 0.5) is 0 Å². The van der Waals surface area contributed by atoms with Crippen LogP contribution in [0.3, 0.4) is 0 Å². The van der Waals surface area contributed by atoms with Gasteiger partial charge in [-0.05, 0) is 39.5 Å². The average molecular weight is 380 g/mol. The van der Waals surface area contributed by atoms with Crippen molar-refractivity contribution < 1.29 is 33.3 Å². The number of carbonyl (C=O) groups is 3. The maximum atomic E-state index is 12.9. The maximum Gasteiger partial charge on any atom is 0.312 e. The SMILES string of the molecule is CCC(C)(C)C(=O)OC1C2CC3C1OC(=O)C3C2C(=O)OC1CCCCO1. The van der Waals surface area contributed by atoms with Crippen LogP contribution >= 0.6 is 0 Å². The van der Waals surface area contributed by atoms with E-state index in [2.05, 4.69) is 0 Å². The number of carbonyl (C=O) groups excluding carboxylic acids is 3. The predicted octanol–water partition coefficient (Wildman–Crippen LogP) is 2.21. The predicted molar refractivity (Wildman–Crippen MR) is 92.1 cm³/mol. The fourth-order valence-corrected chi connectivity index (χ4v) is 4.91. The number of fused-ring (bicyclic) bond motifs is 1. The van der Waals surface area contributed by atoms with Gasteiger partial charge in [-0.15, -0.1) is 0 Å². The summed E-state index contributed by atoms with van der Waals surface area (Å²) in [5.74, 6) is -2.51. The standard InChI is InChI=1S/C20H28O7/c1-4-20(2,3)19(23)27-16-11-9-10-14(18(22)26-15(10)16)13(11)17(21)25-12-7-5-6-8-24-12/h10-16H,4-9H2,1-3H3. The van der Waals surface area contributed by atoms with E-state index < -0.39 is 41.7 Å². The van der Waals surface area contributed by atoms with E-state index in [0.29, 0.717) is 25.9 Å². The van der Waals surface area contributed by atoms with Gasteiger partial charge in [0.05, 0.1) is 23.9 Å². The Morgan fingerprint density at radius 1 is 1.19 bits per heavy atom. The highest BCUT2D eigenvalue weighted by atomic mass is 16.7. The zero-order chi connectivity index (χ0) is 19.3. The van der Waals surface area contributed by atoms with Gasteiger partial charge in [0.2, 0.25) is 6.29 Å². The minimum absolute atomic E-state index is 0.0742. The monoisotopic (exact) mass is 380 g/mol. The highest BCUT2D eigenvalue weighted by molar-refractivity contribution is 5.86. The van der Waals surface area contributed by atoms with E-state index in [-0.39, 0.29) is 23.8 Å². The van der Waals surface area contributed by atoms with Crippen molar-refractivity contribution in [3.8, 4) is 0 Å². The van der Waals surface area contributed by atoms with E-state index in [4.69, 9.17) is 18.9 Å². The summed E-state index contributed by atoms with van der Waals surface area (Å²) in [4.78, 5) is 37.8. The topological polar surface area (TPSA) is 88.1 Å². The first-order chi connectivity index (χ1) is 12.8. The third-order valence-electron chi connectivity index (χ3n) is 6.88. The van der Waals surface area contributed by atoms with Gasteiger partial charge < -0.3 is 18.9 Å². The van der Waals surface area contributed by atoms with E-state index in [1.807, 2.05) is 20.8 Å². The molecule has 27 heavy (non-hydrogen) atoms. The van der Waals surface area contributed by atoms with Crippen LogP contribution in [0.5, 0.6) is 0 Å². The van der Waals surface area contributed by atoms with Crippen LogP contribution in [-0.2, 0) is 33.3 Å². The fraction of sp³-hybridized carbons (Fsp3) is 0.850. The van der Waals surface area contributed by atoms with Crippen molar-refractivity contribution in [1.82, 2.24) is 0 Å². The molecule has 2 aliphatic carbocycles. The van der Waals surface area contributed by atoms with E-state index in [1.54, 1.807) is 0 Å². The van der Waals surface area contributed by atoms with Crippen molar-refractivity contribution in [2.45, 2.75) is 71.4 Å². The highest BCUT2D eigenvalue weighted by Gasteiger charge is 2.70. The molecule has 7 heteroatoms. The summed E-state index contributed by atoms with van der Waals surface area (Å²) in [6.45, 7) is 6.17. The lowest BCUT2D eigenvalue weighted by Crippen LogP contribution is -2.46. The number of hydrogen-bond acceptors (Lipinski definition) is 7. The lowest BCUT2D eigenvalue weighted by molar-refractivity contribution is -0.197. The molecular formula is C20H28O7. The number of esters is 3. The third kappa shape index (κ3) is 3.04. The smallest absolute Gasteiger partial charge is 0.312 e. The molecule has 2 saturated heterocycles. The van der Waals surface area contributed by atoms with Gasteiger partial charge in [-0.3, -0.25) is 14.4 Å². The van der Waals surface area contributed by atoms with Gasteiger partial charge in [0.25, 0.3) is 0 Å². The molecule has 4 aliphatic rings. The molecule has 0 spiro atoms. The lowest BCUT2D eigenvalue weighted by Gasteiger charge is -2.33. The second-order valence-electron chi connectivity index (χ2n) is 8.86. The Balaban J connectivity index is 1.50. The first-order valence-electron chi connectivity index (χ1n) is 10.1. The Labute approximate surface area is 159 Å². The van der Waals surface area contributed by atoms with Gasteiger partial charge in [-0.1, -0.05) is 6.92 Å². The van der Waals surface area contributed by atoms with Gasteiger partial charge in [-0.25, -0.2) is 0 Å². The summed E-state index contributed by atoms with van der Waals surface area (Å²) >= 11 is 0. The molecular weight excluding hydrogens is 352 g/mol. The van der Waals surface area contributed by atoms with Crippen LogP contribution in [0.1, 0.15) is 52.9 Å². The Morgan fingerprint density at radius 2 is 1.96 bits per heavy atom. The van der Waals surface area contributed by atoms with Gasteiger partial charge in [0.1, 0.15) is 12.2 Å². The Bertz CT molecular complexity index is 636. The van der Waals surface area contributed by atoms with Crippen LogP contribution in [-0.4, -0.2) is 43.0 Å². The molecule has 2 saturated carbocycles. The fourth-order valence-electron chi connectivity index (χ4n) is 4.91. The van der Waals surface area contributed by atoms with Crippen molar-refractivity contribution in [2.24, 2.45) is 29.1 Å². The van der Waals surface area contributed by atoms with Crippen molar-refractivity contribution in [1.29, 1.82) is 0 Å². The molecule has 0 N–H and O–H groups in total. The molecule has 2 heterocycles. The first-order valence-corrected chi connectivity index (χ1v) is 10.1. The van der Waals surface area contributed by atoms with Crippen molar-refractivity contribution in [3.63, 3.8) is 0 Å². The third-order valence-corrected chi connectivity index (χ3v) is 6.88. The summed E-state index contributed by atoms with van der Waals surface area (Å²) in [6.07, 6.45) is 2.34. The minimum Gasteiger partial charge on any atom is -0.458 e. The second kappa shape index (κ2) is 6.76. The molecule has 7 unspecified atom stereocenters. The van der Waals surface area contributed by atoms with Crippen LogP contribution in [0.2, 0.25) is 0 Å². The molecule has 0 aromatic rings. The molecule has 4 fully saturated rings. The Morgan fingerprint density at radius 3 is 2.63 bits per heavy atom. The van der Waals surface area contributed by atoms with Crippen LogP contribution < -0.4 is 0 Å². The molecule has 0 amide bonds. The van der Waals surface area contributed by atoms with E-state index in [1.165, 1.54) is 0 Å². The summed E-state index contributed by atoms with van der Waals surface area (Å²) in [7, 11) is 0. The maximum absolute atomic E-state index is 12.9. The van der Waals surface area contributed by atoms with Gasteiger partial charge in [0, 0.05) is 18.3 Å². The molecule has 0 aromatic heterocycles. The van der Waals surface area contributed by atoms with Crippen molar-refractivity contribution >= 4 is 17.9 Å². The van der Waals surface area contributed by atoms with E-state index in [0.717, 1.165) is 12.8 Å². The average Bonchev–Trinajstić information content (AvgIpc) is 3.26. The number of hydrogen-bond donors (Lipinski definition) is 0. The Kier molecular flexibility index (Phi) is 4.69. The molecule has 2 aliphatic heterocycles.